The van der Waals surface area contributed by atoms with Crippen molar-refractivity contribution in [2.45, 2.75) is 35.5 Å². The maximum atomic E-state index is 13.1. The second-order valence-electron chi connectivity index (χ2n) is 8.11. The van der Waals surface area contributed by atoms with E-state index in [1.807, 2.05) is 10.9 Å². The molecule has 1 saturated heterocycles. The average Bonchev–Trinajstić information content (AvgIpc) is 3.28. The molecule has 2 aromatic carbocycles. The summed E-state index contributed by atoms with van der Waals surface area (Å²) in [5.74, 6) is 0. The monoisotopic (exact) mass is 526 g/mol. The summed E-state index contributed by atoms with van der Waals surface area (Å²) in [6.07, 6.45) is 6.09. The summed E-state index contributed by atoms with van der Waals surface area (Å²) >= 11 is 1.40. The molecular weight excluding hydrogens is 504 g/mol. The van der Waals surface area contributed by atoms with Gasteiger partial charge in [0.05, 0.1) is 16.1 Å². The van der Waals surface area contributed by atoms with E-state index in [0.29, 0.717) is 28.5 Å². The summed E-state index contributed by atoms with van der Waals surface area (Å²) in [6.45, 7) is 0.638. The number of aromatic nitrogens is 4. The summed E-state index contributed by atoms with van der Waals surface area (Å²) < 4.78 is 36.4. The van der Waals surface area contributed by atoms with Crippen LogP contribution in [0.3, 0.4) is 0 Å². The third-order valence-electron chi connectivity index (χ3n) is 5.80. The number of sulfonamides is 1. The van der Waals surface area contributed by atoms with Crippen LogP contribution in [0.4, 0.5) is 11.4 Å². The van der Waals surface area contributed by atoms with Crippen molar-refractivity contribution in [1.82, 2.24) is 19.7 Å². The minimum atomic E-state index is -4.23. The van der Waals surface area contributed by atoms with E-state index in [1.165, 1.54) is 30.0 Å². The Morgan fingerprint density at radius 3 is 2.78 bits per heavy atom. The predicted octanol–water partition coefficient (Wildman–Crippen LogP) is 4.62. The minimum Gasteiger partial charge on any atom is -0.356 e. The fourth-order valence-corrected chi connectivity index (χ4v) is 5.72. The van der Waals surface area contributed by atoms with Gasteiger partial charge in [0.25, 0.3) is 15.7 Å². The number of ether oxygens (including phenoxy) is 1. The second-order valence-corrected chi connectivity index (χ2v) is 10.5. The number of nitro benzene ring substituents is 1. The predicted molar refractivity (Wildman–Crippen MR) is 135 cm³/mol. The minimum absolute atomic E-state index is 0.241. The molecule has 2 aromatic heterocycles. The number of anilines is 1. The summed E-state index contributed by atoms with van der Waals surface area (Å²) in [5.41, 5.74) is 1.65. The number of para-hydroxylation sites is 1. The van der Waals surface area contributed by atoms with Crippen LogP contribution in [0.1, 0.15) is 25.5 Å². The van der Waals surface area contributed by atoms with Gasteiger partial charge in [-0.05, 0) is 55.9 Å². The van der Waals surface area contributed by atoms with Crippen LogP contribution in [0.5, 0.6) is 0 Å². The molecule has 1 atom stereocenters. The molecule has 1 N–H and O–H groups in total. The second kappa shape index (κ2) is 9.84. The molecule has 1 unspecified atom stereocenters. The maximum Gasteiger partial charge on any atom is 0.289 e. The van der Waals surface area contributed by atoms with Crippen molar-refractivity contribution in [1.29, 1.82) is 0 Å². The highest BCUT2D eigenvalue weighted by atomic mass is 32.2. The van der Waals surface area contributed by atoms with Gasteiger partial charge in [0.2, 0.25) is 0 Å². The Kier molecular flexibility index (Phi) is 6.60. The van der Waals surface area contributed by atoms with E-state index in [9.17, 15) is 18.5 Å². The Labute approximate surface area is 211 Å². The van der Waals surface area contributed by atoms with Gasteiger partial charge in [0.15, 0.2) is 16.3 Å². The molecule has 0 radical (unpaired) electrons. The van der Waals surface area contributed by atoms with Gasteiger partial charge in [-0.25, -0.2) is 23.1 Å². The van der Waals surface area contributed by atoms with Crippen LogP contribution in [0, 0.1) is 10.1 Å². The van der Waals surface area contributed by atoms with Crippen LogP contribution in [-0.2, 0) is 14.8 Å². The first-order valence-electron chi connectivity index (χ1n) is 11.1. The molecule has 1 aliphatic rings. The lowest BCUT2D eigenvalue weighted by atomic mass is 10.1. The average molecular weight is 527 g/mol. The molecular formula is C23H22N6O5S2. The highest BCUT2D eigenvalue weighted by Gasteiger charge is 2.27. The molecule has 0 aliphatic carbocycles. The van der Waals surface area contributed by atoms with Crippen molar-refractivity contribution >= 4 is 44.1 Å². The zero-order chi connectivity index (χ0) is 25.3. The van der Waals surface area contributed by atoms with Crippen molar-refractivity contribution in [3.8, 4) is 11.4 Å². The molecule has 5 rings (SSSR count). The Morgan fingerprint density at radius 2 is 2.03 bits per heavy atom. The van der Waals surface area contributed by atoms with E-state index >= 15 is 0 Å². The molecule has 0 spiro atoms. The van der Waals surface area contributed by atoms with Crippen LogP contribution in [0.25, 0.3) is 22.3 Å². The van der Waals surface area contributed by atoms with Crippen LogP contribution < -0.4 is 4.72 Å². The number of fused-ring (bicyclic) bond motifs is 1. The summed E-state index contributed by atoms with van der Waals surface area (Å²) in [4.78, 5) is 19.0. The lowest BCUT2D eigenvalue weighted by molar-refractivity contribution is -0.387. The Morgan fingerprint density at radius 1 is 1.19 bits per heavy atom. The first-order chi connectivity index (χ1) is 17.4. The van der Waals surface area contributed by atoms with Crippen molar-refractivity contribution < 1.29 is 18.1 Å². The van der Waals surface area contributed by atoms with E-state index in [-0.39, 0.29) is 11.9 Å². The van der Waals surface area contributed by atoms with E-state index < -0.39 is 25.5 Å². The van der Waals surface area contributed by atoms with Gasteiger partial charge in [-0.15, -0.1) is 0 Å². The van der Waals surface area contributed by atoms with E-state index in [1.54, 1.807) is 30.5 Å². The van der Waals surface area contributed by atoms with Crippen molar-refractivity contribution in [2.75, 3.05) is 17.6 Å². The van der Waals surface area contributed by atoms with E-state index in [4.69, 9.17) is 9.84 Å². The number of nitrogens with zero attached hydrogens (tertiary/aromatic N) is 5. The molecule has 13 heteroatoms. The molecule has 1 fully saturated rings. The fraction of sp³-hybridized carbons (Fsp3) is 0.261. The lowest BCUT2D eigenvalue weighted by Gasteiger charge is -2.23. The Bertz CT molecular complexity index is 1550. The van der Waals surface area contributed by atoms with Crippen molar-refractivity contribution in [3.63, 3.8) is 0 Å². The molecule has 11 nitrogen and oxygen atoms in total. The third-order valence-corrected chi connectivity index (χ3v) is 7.79. The molecule has 36 heavy (non-hydrogen) atoms. The molecule has 4 aromatic rings. The van der Waals surface area contributed by atoms with Crippen LogP contribution >= 0.6 is 11.8 Å². The molecule has 186 valence electrons. The molecule has 0 bridgehead atoms. The molecule has 3 heterocycles. The van der Waals surface area contributed by atoms with E-state index in [2.05, 4.69) is 14.7 Å². The van der Waals surface area contributed by atoms with Gasteiger partial charge < -0.3 is 4.74 Å². The van der Waals surface area contributed by atoms with Crippen molar-refractivity contribution in [3.05, 3.63) is 64.8 Å². The SMILES string of the molecule is CSc1nccc(-c2nn(C3CCCCO3)c3ccc(NS(=O)(=O)c4ccccc4[N+](=O)[O-])cc23)n1. The molecule has 1 aliphatic heterocycles. The van der Waals surface area contributed by atoms with Gasteiger partial charge in [-0.1, -0.05) is 23.9 Å². The Hall–Kier alpha value is -3.55. The summed E-state index contributed by atoms with van der Waals surface area (Å²) in [6, 6.07) is 12.0. The number of thioether (sulfide) groups is 1. The third kappa shape index (κ3) is 4.64. The van der Waals surface area contributed by atoms with Gasteiger partial charge >= 0.3 is 0 Å². The lowest BCUT2D eigenvalue weighted by Crippen LogP contribution is -2.19. The summed E-state index contributed by atoms with van der Waals surface area (Å²) in [5, 5.41) is 17.4. The van der Waals surface area contributed by atoms with Crippen LogP contribution in [0.15, 0.2) is 64.8 Å². The van der Waals surface area contributed by atoms with Gasteiger partial charge in [-0.3, -0.25) is 14.8 Å². The number of nitrogens with one attached hydrogen (secondary N) is 1. The molecule has 0 saturated carbocycles. The number of nitro groups is 1. The Balaban J connectivity index is 1.61. The van der Waals surface area contributed by atoms with Gasteiger partial charge in [0, 0.05) is 29.9 Å². The quantitative estimate of drug-likeness (QED) is 0.158. The van der Waals surface area contributed by atoms with Crippen molar-refractivity contribution in [2.24, 2.45) is 0 Å². The van der Waals surface area contributed by atoms with Crippen LogP contribution in [-0.4, -0.2) is 46.0 Å². The van der Waals surface area contributed by atoms with E-state index in [0.717, 1.165) is 30.8 Å². The highest BCUT2D eigenvalue weighted by Crippen LogP contribution is 2.35. The first-order valence-corrected chi connectivity index (χ1v) is 13.9. The highest BCUT2D eigenvalue weighted by molar-refractivity contribution is 7.98. The number of rotatable bonds is 7. The smallest absolute Gasteiger partial charge is 0.289 e. The first kappa shape index (κ1) is 24.2. The zero-order valence-corrected chi connectivity index (χ0v) is 20.8. The largest absolute Gasteiger partial charge is 0.356 e. The van der Waals surface area contributed by atoms with Gasteiger partial charge in [0.1, 0.15) is 5.69 Å². The van der Waals surface area contributed by atoms with Crippen LogP contribution in [0.2, 0.25) is 0 Å². The number of hydrogen-bond acceptors (Lipinski definition) is 9. The number of benzene rings is 2. The summed E-state index contributed by atoms with van der Waals surface area (Å²) in [7, 11) is -4.23. The standard InChI is InChI=1S/C23H22N6O5S2/c1-35-23-24-12-11-17(25-23)22-16-14-15(9-10-18(16)28(26-22)21-8-4-5-13-34-21)27-36(32,33)20-7-3-2-6-19(20)29(30)31/h2-3,6-7,9-12,14,21,27H,4-5,8,13H2,1H3. The topological polar surface area (TPSA) is 142 Å². The normalized spacial score (nSPS) is 16.2. The molecule has 0 amide bonds. The zero-order valence-electron chi connectivity index (χ0n) is 19.2. The van der Waals surface area contributed by atoms with Gasteiger partial charge in [-0.2, -0.15) is 5.10 Å². The maximum absolute atomic E-state index is 13.1. The number of hydrogen-bond donors (Lipinski definition) is 1. The fourth-order valence-electron chi connectivity index (χ4n) is 4.15.